The van der Waals surface area contributed by atoms with Crippen LogP contribution in [0.4, 0.5) is 10.2 Å². The molecule has 0 aliphatic carbocycles. The highest BCUT2D eigenvalue weighted by molar-refractivity contribution is 7.99. The van der Waals surface area contributed by atoms with Gasteiger partial charge in [0.05, 0.1) is 29.8 Å². The number of ether oxygens (including phenoxy) is 1. The van der Waals surface area contributed by atoms with Crippen LogP contribution in [0.5, 0.6) is 5.75 Å². The minimum Gasteiger partial charge on any atom is -0.496 e. The molecular formula is C21H20FN7O2S. The number of amides is 1. The Kier molecular flexibility index (Phi) is 6.08. The molecule has 0 saturated carbocycles. The first kappa shape index (κ1) is 21.4. The van der Waals surface area contributed by atoms with Gasteiger partial charge in [0.2, 0.25) is 11.1 Å². The summed E-state index contributed by atoms with van der Waals surface area (Å²) in [4.78, 5) is 12.6. The van der Waals surface area contributed by atoms with Gasteiger partial charge in [-0.3, -0.25) is 4.79 Å². The van der Waals surface area contributed by atoms with E-state index < -0.39 is 0 Å². The summed E-state index contributed by atoms with van der Waals surface area (Å²) in [5, 5.41) is 15.8. The van der Waals surface area contributed by atoms with E-state index in [-0.39, 0.29) is 17.5 Å². The molecule has 0 spiro atoms. The molecule has 0 unspecified atom stereocenters. The number of rotatable bonds is 7. The van der Waals surface area contributed by atoms with Crippen molar-refractivity contribution in [1.29, 1.82) is 0 Å². The molecule has 2 aromatic heterocycles. The summed E-state index contributed by atoms with van der Waals surface area (Å²) < 4.78 is 21.4. The molecule has 0 aliphatic rings. The van der Waals surface area contributed by atoms with Gasteiger partial charge in [0.15, 0.2) is 5.82 Å². The first-order chi connectivity index (χ1) is 15.5. The third-order valence-corrected chi connectivity index (χ3v) is 5.46. The Bertz CT molecular complexity index is 1250. The average molecular weight is 454 g/mol. The van der Waals surface area contributed by atoms with Crippen LogP contribution in [0.2, 0.25) is 0 Å². The molecule has 164 valence electrons. The fraction of sp³-hybridized carbons (Fsp3) is 0.143. The molecule has 1 amide bonds. The van der Waals surface area contributed by atoms with E-state index in [1.165, 1.54) is 16.8 Å². The van der Waals surface area contributed by atoms with Crippen LogP contribution in [-0.4, -0.2) is 43.4 Å². The molecule has 0 atom stereocenters. The average Bonchev–Trinajstić information content (AvgIpc) is 3.34. The zero-order chi connectivity index (χ0) is 22.7. The number of nitrogens with two attached hydrogens (primary N) is 1. The fourth-order valence-corrected chi connectivity index (χ4v) is 3.72. The largest absolute Gasteiger partial charge is 0.496 e. The Labute approximate surface area is 187 Å². The van der Waals surface area contributed by atoms with E-state index in [1.807, 2.05) is 18.2 Å². The number of nitrogens with one attached hydrogen (secondary N) is 1. The van der Waals surface area contributed by atoms with E-state index in [9.17, 15) is 9.18 Å². The van der Waals surface area contributed by atoms with Gasteiger partial charge in [-0.25, -0.2) is 13.7 Å². The number of aryl methyl sites for hydroxylation is 1. The lowest BCUT2D eigenvalue weighted by Gasteiger charge is -2.09. The van der Waals surface area contributed by atoms with Crippen molar-refractivity contribution in [3.63, 3.8) is 0 Å². The third kappa shape index (κ3) is 4.42. The summed E-state index contributed by atoms with van der Waals surface area (Å²) in [6.07, 6.45) is 0. The van der Waals surface area contributed by atoms with Crippen LogP contribution in [-0.2, 0) is 4.79 Å². The van der Waals surface area contributed by atoms with Crippen molar-refractivity contribution in [2.75, 3.05) is 24.0 Å². The summed E-state index contributed by atoms with van der Waals surface area (Å²) in [5.41, 5.74) is 2.03. The monoisotopic (exact) mass is 453 g/mol. The highest BCUT2D eigenvalue weighted by atomic mass is 32.2. The topological polar surface area (TPSA) is 113 Å². The van der Waals surface area contributed by atoms with Crippen LogP contribution in [0.25, 0.3) is 17.1 Å². The van der Waals surface area contributed by atoms with Crippen LogP contribution in [0.3, 0.4) is 0 Å². The van der Waals surface area contributed by atoms with Gasteiger partial charge in [0.25, 0.3) is 0 Å². The zero-order valence-corrected chi connectivity index (χ0v) is 18.1. The number of nitrogen functional groups attached to an aromatic ring is 1. The van der Waals surface area contributed by atoms with Gasteiger partial charge < -0.3 is 15.9 Å². The van der Waals surface area contributed by atoms with Crippen LogP contribution in [0, 0.1) is 12.7 Å². The number of carbonyl (C=O) groups is 1. The number of aromatic nitrogens is 5. The van der Waals surface area contributed by atoms with E-state index >= 15 is 0 Å². The van der Waals surface area contributed by atoms with Crippen LogP contribution in [0.15, 0.2) is 59.8 Å². The lowest BCUT2D eigenvalue weighted by molar-refractivity contribution is -0.113. The second-order valence-electron chi connectivity index (χ2n) is 6.77. The molecule has 2 aromatic carbocycles. The molecule has 0 saturated heterocycles. The normalized spacial score (nSPS) is 10.8. The van der Waals surface area contributed by atoms with Crippen molar-refractivity contribution >= 4 is 23.5 Å². The molecule has 9 nitrogen and oxygen atoms in total. The molecular weight excluding hydrogens is 433 g/mol. The minimum atomic E-state index is -0.349. The van der Waals surface area contributed by atoms with Crippen LogP contribution >= 0.6 is 11.8 Å². The predicted molar refractivity (Wildman–Crippen MR) is 120 cm³/mol. The van der Waals surface area contributed by atoms with Gasteiger partial charge in [0.1, 0.15) is 17.4 Å². The number of carbonyl (C=O) groups excluding carboxylic acids is 1. The molecule has 0 bridgehead atoms. The van der Waals surface area contributed by atoms with Gasteiger partial charge in [-0.1, -0.05) is 23.9 Å². The number of nitrogens with zero attached hydrogens (tertiary/aromatic N) is 5. The summed E-state index contributed by atoms with van der Waals surface area (Å²) in [6.45, 7) is 1.81. The van der Waals surface area contributed by atoms with Crippen molar-refractivity contribution in [3.8, 4) is 22.8 Å². The molecule has 11 heteroatoms. The number of hydrogen-bond acceptors (Lipinski definition) is 7. The lowest BCUT2D eigenvalue weighted by atomic mass is 10.2. The first-order valence-electron chi connectivity index (χ1n) is 9.55. The van der Waals surface area contributed by atoms with Gasteiger partial charge in [-0.05, 0) is 43.3 Å². The molecule has 0 radical (unpaired) electrons. The van der Waals surface area contributed by atoms with Crippen LogP contribution < -0.4 is 15.9 Å². The van der Waals surface area contributed by atoms with Gasteiger partial charge in [-0.15, -0.1) is 10.2 Å². The van der Waals surface area contributed by atoms with Crippen LogP contribution in [0.1, 0.15) is 5.69 Å². The number of thioether (sulfide) groups is 1. The number of hydrogen-bond donors (Lipinski definition) is 2. The molecule has 2 heterocycles. The standard InChI is InChI=1S/C21H20FN7O2S/c1-13-11-18(29(27-13)15-9-7-14(22)8-10-15)24-19(30)12-32-21-26-25-20(28(21)23)16-5-3-4-6-17(16)31-2/h3-11H,12,23H2,1-2H3,(H,24,30). The molecule has 32 heavy (non-hydrogen) atoms. The van der Waals surface area contributed by atoms with Crippen molar-refractivity contribution in [2.45, 2.75) is 12.1 Å². The Balaban J connectivity index is 1.46. The Morgan fingerprint density at radius 1 is 1.19 bits per heavy atom. The third-order valence-electron chi connectivity index (χ3n) is 4.51. The molecule has 4 aromatic rings. The SMILES string of the molecule is COc1ccccc1-c1nnc(SCC(=O)Nc2cc(C)nn2-c2ccc(F)cc2)n1N. The van der Waals surface area contributed by atoms with Crippen molar-refractivity contribution in [1.82, 2.24) is 24.7 Å². The second kappa shape index (κ2) is 9.10. The summed E-state index contributed by atoms with van der Waals surface area (Å²) in [7, 11) is 1.56. The van der Waals surface area contributed by atoms with Crippen molar-refractivity contribution < 1.29 is 13.9 Å². The molecule has 0 fully saturated rings. The van der Waals surface area contributed by atoms with Gasteiger partial charge >= 0.3 is 0 Å². The smallest absolute Gasteiger partial charge is 0.236 e. The Morgan fingerprint density at radius 3 is 2.69 bits per heavy atom. The number of para-hydroxylation sites is 1. The van der Waals surface area contributed by atoms with E-state index in [0.29, 0.717) is 39.5 Å². The maximum Gasteiger partial charge on any atom is 0.236 e. The Hall–Kier alpha value is -3.86. The van der Waals surface area contributed by atoms with E-state index in [2.05, 4.69) is 20.6 Å². The van der Waals surface area contributed by atoms with E-state index in [4.69, 9.17) is 10.6 Å². The van der Waals surface area contributed by atoms with Gasteiger partial charge in [0, 0.05) is 6.07 Å². The molecule has 3 N–H and O–H groups in total. The number of benzene rings is 2. The van der Waals surface area contributed by atoms with E-state index in [1.54, 1.807) is 43.0 Å². The predicted octanol–water partition coefficient (Wildman–Crippen LogP) is 3.03. The maximum atomic E-state index is 13.2. The highest BCUT2D eigenvalue weighted by Gasteiger charge is 2.17. The fourth-order valence-electron chi connectivity index (χ4n) is 3.07. The van der Waals surface area contributed by atoms with E-state index in [0.717, 1.165) is 11.8 Å². The highest BCUT2D eigenvalue weighted by Crippen LogP contribution is 2.29. The van der Waals surface area contributed by atoms with Crippen molar-refractivity contribution in [2.24, 2.45) is 0 Å². The summed E-state index contributed by atoms with van der Waals surface area (Å²) >= 11 is 1.15. The maximum absolute atomic E-state index is 13.2. The number of anilines is 1. The summed E-state index contributed by atoms with van der Waals surface area (Å²) in [6, 6.07) is 14.9. The zero-order valence-electron chi connectivity index (χ0n) is 17.3. The minimum absolute atomic E-state index is 0.0505. The second-order valence-corrected chi connectivity index (χ2v) is 7.71. The first-order valence-corrected chi connectivity index (χ1v) is 10.5. The Morgan fingerprint density at radius 2 is 1.94 bits per heavy atom. The van der Waals surface area contributed by atoms with Crippen molar-refractivity contribution in [3.05, 3.63) is 66.1 Å². The number of methoxy groups -OCH3 is 1. The number of halogens is 1. The summed E-state index contributed by atoms with van der Waals surface area (Å²) in [5.74, 6) is 7.09. The van der Waals surface area contributed by atoms with Gasteiger partial charge in [-0.2, -0.15) is 5.10 Å². The molecule has 4 rings (SSSR count). The molecule has 0 aliphatic heterocycles. The quantitative estimate of drug-likeness (QED) is 0.327. The lowest BCUT2D eigenvalue weighted by Crippen LogP contribution is -2.18.